The molecule has 3 atom stereocenters. The first-order valence-corrected chi connectivity index (χ1v) is 6.44. The molecule has 1 fully saturated rings. The molecule has 1 heteroatoms. The second-order valence-electron chi connectivity index (χ2n) is 5.31. The lowest BCUT2D eigenvalue weighted by molar-refractivity contribution is 0.0973. The van der Waals surface area contributed by atoms with Gasteiger partial charge in [-0.05, 0) is 29.1 Å². The summed E-state index contributed by atoms with van der Waals surface area (Å²) >= 11 is 2.56. The summed E-state index contributed by atoms with van der Waals surface area (Å²) in [6.45, 7) is 12.2. The van der Waals surface area contributed by atoms with Gasteiger partial charge in [0.2, 0.25) is 0 Å². The lowest BCUT2D eigenvalue weighted by atomic mass is 9.65. The average molecular weight is 280 g/mol. The molecular weight excluding hydrogens is 259 g/mol. The standard InChI is InChI=1S/C11H21I/c1-8-6-9(2)11(5,7-12)10(8,3)4/h8-9H,6-7H2,1-5H3. The Morgan fingerprint density at radius 2 is 1.67 bits per heavy atom. The van der Waals surface area contributed by atoms with Crippen molar-refractivity contribution in [3.63, 3.8) is 0 Å². The molecule has 1 rings (SSSR count). The van der Waals surface area contributed by atoms with Crippen LogP contribution in [0.2, 0.25) is 0 Å². The van der Waals surface area contributed by atoms with E-state index in [0.29, 0.717) is 10.8 Å². The highest BCUT2D eigenvalue weighted by atomic mass is 127. The molecule has 0 heterocycles. The zero-order valence-electron chi connectivity index (χ0n) is 8.95. The molecule has 0 aromatic carbocycles. The van der Waals surface area contributed by atoms with E-state index in [0.717, 1.165) is 11.8 Å². The highest BCUT2D eigenvalue weighted by Crippen LogP contribution is 2.59. The highest BCUT2D eigenvalue weighted by molar-refractivity contribution is 14.1. The van der Waals surface area contributed by atoms with E-state index in [-0.39, 0.29) is 0 Å². The van der Waals surface area contributed by atoms with E-state index in [1.54, 1.807) is 0 Å². The minimum Gasteiger partial charge on any atom is -0.0857 e. The number of halogens is 1. The van der Waals surface area contributed by atoms with Crippen molar-refractivity contribution < 1.29 is 0 Å². The number of alkyl halides is 1. The Labute approximate surface area is 90.6 Å². The topological polar surface area (TPSA) is 0 Å². The molecule has 0 nitrogen and oxygen atoms in total. The molecule has 0 aliphatic heterocycles. The van der Waals surface area contributed by atoms with Crippen LogP contribution < -0.4 is 0 Å². The predicted molar refractivity (Wildman–Crippen MR) is 63.7 cm³/mol. The first-order valence-electron chi connectivity index (χ1n) is 4.92. The number of rotatable bonds is 1. The van der Waals surface area contributed by atoms with Crippen LogP contribution in [-0.2, 0) is 0 Å². The summed E-state index contributed by atoms with van der Waals surface area (Å²) in [6.07, 6.45) is 1.41. The zero-order valence-corrected chi connectivity index (χ0v) is 11.1. The van der Waals surface area contributed by atoms with Crippen LogP contribution in [0, 0.1) is 22.7 Å². The van der Waals surface area contributed by atoms with Crippen molar-refractivity contribution in [2.24, 2.45) is 22.7 Å². The summed E-state index contributed by atoms with van der Waals surface area (Å²) in [5.74, 6) is 1.77. The smallest absolute Gasteiger partial charge is 0.00571 e. The van der Waals surface area contributed by atoms with Gasteiger partial charge in [0, 0.05) is 4.43 Å². The Morgan fingerprint density at radius 1 is 1.17 bits per heavy atom. The molecule has 1 aliphatic carbocycles. The number of hydrogen-bond donors (Lipinski definition) is 0. The van der Waals surface area contributed by atoms with Gasteiger partial charge in [-0.2, -0.15) is 0 Å². The summed E-state index contributed by atoms with van der Waals surface area (Å²) in [5, 5.41) is 0. The Kier molecular flexibility index (Phi) is 2.83. The summed E-state index contributed by atoms with van der Waals surface area (Å²) in [7, 11) is 0. The van der Waals surface area contributed by atoms with Crippen LogP contribution in [0.3, 0.4) is 0 Å². The van der Waals surface area contributed by atoms with Gasteiger partial charge < -0.3 is 0 Å². The van der Waals surface area contributed by atoms with Crippen molar-refractivity contribution in [2.45, 2.75) is 41.0 Å². The fourth-order valence-electron chi connectivity index (χ4n) is 2.59. The van der Waals surface area contributed by atoms with E-state index in [2.05, 4.69) is 57.2 Å². The first kappa shape index (κ1) is 10.8. The van der Waals surface area contributed by atoms with Crippen molar-refractivity contribution in [3.05, 3.63) is 0 Å². The largest absolute Gasteiger partial charge is 0.0857 e. The Bertz CT molecular complexity index is 174. The fourth-order valence-corrected chi connectivity index (χ4v) is 4.32. The second-order valence-corrected chi connectivity index (χ2v) is 6.07. The summed E-state index contributed by atoms with van der Waals surface area (Å²) < 4.78 is 1.29. The van der Waals surface area contributed by atoms with Gasteiger partial charge >= 0.3 is 0 Å². The van der Waals surface area contributed by atoms with Gasteiger partial charge in [-0.15, -0.1) is 0 Å². The second kappa shape index (κ2) is 3.14. The van der Waals surface area contributed by atoms with E-state index in [9.17, 15) is 0 Å². The van der Waals surface area contributed by atoms with Gasteiger partial charge in [0.25, 0.3) is 0 Å². The molecule has 1 aliphatic rings. The summed E-state index contributed by atoms with van der Waals surface area (Å²) in [6, 6.07) is 0. The molecule has 0 radical (unpaired) electrons. The normalized spacial score (nSPS) is 46.5. The van der Waals surface area contributed by atoms with Gasteiger partial charge in [-0.3, -0.25) is 0 Å². The van der Waals surface area contributed by atoms with Gasteiger partial charge in [0.1, 0.15) is 0 Å². The highest BCUT2D eigenvalue weighted by Gasteiger charge is 2.52. The molecule has 0 aromatic heterocycles. The minimum atomic E-state index is 0.521. The molecular formula is C11H21I. The Morgan fingerprint density at radius 3 is 1.83 bits per heavy atom. The third-order valence-electron chi connectivity index (χ3n) is 4.78. The van der Waals surface area contributed by atoms with E-state index in [1.807, 2.05) is 0 Å². The van der Waals surface area contributed by atoms with Crippen molar-refractivity contribution in [1.29, 1.82) is 0 Å². The predicted octanol–water partition coefficient (Wildman–Crippen LogP) is 4.13. The SMILES string of the molecule is CC1CC(C)C(C)(CI)C1(C)C. The van der Waals surface area contributed by atoms with E-state index < -0.39 is 0 Å². The van der Waals surface area contributed by atoms with Crippen LogP contribution in [0.25, 0.3) is 0 Å². The van der Waals surface area contributed by atoms with Crippen LogP contribution in [-0.4, -0.2) is 4.43 Å². The summed E-state index contributed by atoms with van der Waals surface area (Å²) in [4.78, 5) is 0. The van der Waals surface area contributed by atoms with E-state index in [1.165, 1.54) is 10.8 Å². The van der Waals surface area contributed by atoms with E-state index >= 15 is 0 Å². The fraction of sp³-hybridized carbons (Fsp3) is 1.00. The summed E-state index contributed by atoms with van der Waals surface area (Å²) in [5.41, 5.74) is 1.07. The van der Waals surface area contributed by atoms with Crippen molar-refractivity contribution >= 4 is 22.6 Å². The van der Waals surface area contributed by atoms with Crippen LogP contribution in [0.1, 0.15) is 41.0 Å². The quantitative estimate of drug-likeness (QED) is 0.500. The maximum atomic E-state index is 2.56. The third-order valence-corrected chi connectivity index (χ3v) is 6.36. The molecule has 0 saturated heterocycles. The van der Waals surface area contributed by atoms with Gasteiger partial charge in [-0.25, -0.2) is 0 Å². The van der Waals surface area contributed by atoms with E-state index in [4.69, 9.17) is 0 Å². The molecule has 0 aromatic rings. The first-order chi connectivity index (χ1) is 5.36. The number of hydrogen-bond acceptors (Lipinski definition) is 0. The van der Waals surface area contributed by atoms with Crippen molar-refractivity contribution in [2.75, 3.05) is 4.43 Å². The lowest BCUT2D eigenvalue weighted by Crippen LogP contribution is -2.37. The maximum absolute atomic E-state index is 2.56. The van der Waals surface area contributed by atoms with Crippen LogP contribution in [0.5, 0.6) is 0 Å². The Hall–Kier alpha value is 0.730. The molecule has 72 valence electrons. The van der Waals surface area contributed by atoms with Gasteiger partial charge in [-0.1, -0.05) is 57.2 Å². The Balaban J connectivity index is 2.98. The molecule has 1 saturated carbocycles. The molecule has 0 spiro atoms. The molecule has 0 bridgehead atoms. The van der Waals surface area contributed by atoms with Crippen molar-refractivity contribution in [1.82, 2.24) is 0 Å². The van der Waals surface area contributed by atoms with Crippen LogP contribution >= 0.6 is 22.6 Å². The van der Waals surface area contributed by atoms with Gasteiger partial charge in [0.05, 0.1) is 0 Å². The van der Waals surface area contributed by atoms with Crippen LogP contribution in [0.4, 0.5) is 0 Å². The average Bonchev–Trinajstić information content (AvgIpc) is 2.14. The molecule has 12 heavy (non-hydrogen) atoms. The molecule has 3 unspecified atom stereocenters. The van der Waals surface area contributed by atoms with Crippen molar-refractivity contribution in [3.8, 4) is 0 Å². The maximum Gasteiger partial charge on any atom is 0.00571 e. The van der Waals surface area contributed by atoms with Gasteiger partial charge in [0.15, 0.2) is 0 Å². The zero-order chi connectivity index (χ0) is 9.57. The third kappa shape index (κ3) is 1.23. The molecule has 0 N–H and O–H groups in total. The minimum absolute atomic E-state index is 0.521. The lowest BCUT2D eigenvalue weighted by Gasteiger charge is -2.42. The molecule has 0 amide bonds. The van der Waals surface area contributed by atoms with Crippen LogP contribution in [0.15, 0.2) is 0 Å². The monoisotopic (exact) mass is 280 g/mol.